The van der Waals surface area contributed by atoms with Crippen LogP contribution in [0, 0.1) is 0 Å². The number of nitrogens with zero attached hydrogens (tertiary/aromatic N) is 4. The largest absolute Gasteiger partial charge is 0.383 e. The van der Waals surface area contributed by atoms with Gasteiger partial charge in [-0.05, 0) is 6.07 Å². The molecule has 0 atom stereocenters. The Morgan fingerprint density at radius 1 is 1.39 bits per heavy atom. The first kappa shape index (κ1) is 12.6. The highest BCUT2D eigenvalue weighted by atomic mass is 16.5. The van der Waals surface area contributed by atoms with Crippen molar-refractivity contribution < 1.29 is 4.74 Å². The molecule has 0 fully saturated rings. The van der Waals surface area contributed by atoms with E-state index in [0.29, 0.717) is 6.61 Å². The van der Waals surface area contributed by atoms with Crippen LogP contribution >= 0.6 is 0 Å². The Labute approximate surface area is 107 Å². The van der Waals surface area contributed by atoms with Crippen LogP contribution < -0.4 is 5.32 Å². The summed E-state index contributed by atoms with van der Waals surface area (Å²) in [4.78, 5) is 4.28. The third kappa shape index (κ3) is 3.10. The minimum absolute atomic E-state index is 0.687. The molecule has 0 aliphatic carbocycles. The summed E-state index contributed by atoms with van der Waals surface area (Å²) >= 11 is 0. The fourth-order valence-electron chi connectivity index (χ4n) is 1.80. The number of ether oxygens (including phenoxy) is 1. The average Bonchev–Trinajstić information content (AvgIpc) is 2.97. The Kier molecular flexibility index (Phi) is 4.35. The maximum atomic E-state index is 5.06. The Bertz CT molecular complexity index is 476. The van der Waals surface area contributed by atoms with E-state index in [1.807, 2.05) is 34.8 Å². The van der Waals surface area contributed by atoms with E-state index in [1.165, 1.54) is 5.69 Å². The van der Waals surface area contributed by atoms with E-state index in [1.54, 1.807) is 13.3 Å². The Balaban J connectivity index is 1.83. The van der Waals surface area contributed by atoms with Crippen molar-refractivity contribution in [3.8, 4) is 0 Å². The lowest BCUT2D eigenvalue weighted by Gasteiger charge is -2.09. The van der Waals surface area contributed by atoms with Crippen molar-refractivity contribution in [2.24, 2.45) is 7.05 Å². The number of hydrogen-bond acceptors (Lipinski definition) is 4. The van der Waals surface area contributed by atoms with Gasteiger partial charge in [0.15, 0.2) is 0 Å². The van der Waals surface area contributed by atoms with E-state index in [4.69, 9.17) is 4.74 Å². The minimum atomic E-state index is 0.687. The van der Waals surface area contributed by atoms with Gasteiger partial charge in [-0.25, -0.2) is 4.98 Å². The first-order valence-electron chi connectivity index (χ1n) is 6.02. The van der Waals surface area contributed by atoms with E-state index in [9.17, 15) is 0 Å². The van der Waals surface area contributed by atoms with Crippen LogP contribution in [-0.2, 0) is 24.8 Å². The molecule has 6 heteroatoms. The summed E-state index contributed by atoms with van der Waals surface area (Å²) < 4.78 is 9.00. The van der Waals surface area contributed by atoms with Crippen LogP contribution in [0.25, 0.3) is 0 Å². The van der Waals surface area contributed by atoms with Crippen LogP contribution in [0.5, 0.6) is 0 Å². The topological polar surface area (TPSA) is 56.9 Å². The molecule has 18 heavy (non-hydrogen) atoms. The van der Waals surface area contributed by atoms with Crippen molar-refractivity contribution in [2.45, 2.75) is 13.0 Å². The zero-order valence-electron chi connectivity index (χ0n) is 10.8. The molecule has 0 aliphatic rings. The van der Waals surface area contributed by atoms with Gasteiger partial charge in [0.1, 0.15) is 0 Å². The quantitative estimate of drug-likeness (QED) is 0.792. The van der Waals surface area contributed by atoms with E-state index in [2.05, 4.69) is 15.4 Å². The van der Waals surface area contributed by atoms with E-state index in [-0.39, 0.29) is 0 Å². The van der Waals surface area contributed by atoms with Crippen molar-refractivity contribution in [1.82, 2.24) is 19.3 Å². The minimum Gasteiger partial charge on any atom is -0.383 e. The third-order valence-corrected chi connectivity index (χ3v) is 2.84. The monoisotopic (exact) mass is 249 g/mol. The van der Waals surface area contributed by atoms with Crippen molar-refractivity contribution in [2.75, 3.05) is 25.6 Å². The Morgan fingerprint density at radius 3 is 3.00 bits per heavy atom. The Hall–Kier alpha value is -1.82. The van der Waals surface area contributed by atoms with Gasteiger partial charge in [0.2, 0.25) is 5.95 Å². The van der Waals surface area contributed by atoms with Crippen molar-refractivity contribution in [3.05, 3.63) is 30.4 Å². The maximum Gasteiger partial charge on any atom is 0.202 e. The molecule has 0 radical (unpaired) electrons. The zero-order valence-corrected chi connectivity index (χ0v) is 10.8. The molecule has 1 N–H and O–H groups in total. The number of aromatic nitrogens is 4. The summed E-state index contributed by atoms with van der Waals surface area (Å²) in [5, 5.41) is 7.46. The first-order chi connectivity index (χ1) is 8.81. The van der Waals surface area contributed by atoms with E-state index in [0.717, 1.165) is 25.5 Å². The highest BCUT2D eigenvalue weighted by Gasteiger charge is 2.02. The van der Waals surface area contributed by atoms with Crippen molar-refractivity contribution >= 4 is 5.95 Å². The molecule has 0 amide bonds. The molecule has 0 unspecified atom stereocenters. The number of aryl methyl sites for hydroxylation is 1. The van der Waals surface area contributed by atoms with Crippen LogP contribution in [0.4, 0.5) is 5.95 Å². The van der Waals surface area contributed by atoms with Gasteiger partial charge in [-0.2, -0.15) is 5.10 Å². The number of imidazole rings is 1. The summed E-state index contributed by atoms with van der Waals surface area (Å²) in [5.74, 6) is 0.884. The summed E-state index contributed by atoms with van der Waals surface area (Å²) in [6, 6.07) is 2.03. The Morgan fingerprint density at radius 2 is 2.28 bits per heavy atom. The highest BCUT2D eigenvalue weighted by Crippen LogP contribution is 2.05. The molecule has 0 aliphatic heterocycles. The van der Waals surface area contributed by atoms with Gasteiger partial charge in [0.05, 0.1) is 6.61 Å². The van der Waals surface area contributed by atoms with Gasteiger partial charge in [0, 0.05) is 58.0 Å². The molecule has 0 bridgehead atoms. The normalized spacial score (nSPS) is 10.8. The average molecular weight is 249 g/mol. The number of nitrogens with one attached hydrogen (secondary N) is 1. The number of anilines is 1. The second-order valence-corrected chi connectivity index (χ2v) is 4.06. The molecule has 0 saturated heterocycles. The second-order valence-electron chi connectivity index (χ2n) is 4.06. The highest BCUT2D eigenvalue weighted by molar-refractivity contribution is 5.26. The maximum absolute atomic E-state index is 5.06. The predicted octanol–water partition coefficient (Wildman–Crippen LogP) is 0.918. The number of methoxy groups -OCH3 is 1. The standard InChI is InChI=1S/C12H19N5O/c1-16-11(4-6-15-16)3-5-13-12-14-7-8-17(12)9-10-18-2/h4,6-8H,3,5,9-10H2,1-2H3,(H,13,14). The molecule has 0 aromatic carbocycles. The first-order valence-corrected chi connectivity index (χ1v) is 6.02. The van der Waals surface area contributed by atoms with Gasteiger partial charge in [-0.3, -0.25) is 4.68 Å². The number of rotatable bonds is 7. The van der Waals surface area contributed by atoms with Crippen LogP contribution in [0.15, 0.2) is 24.7 Å². The summed E-state index contributed by atoms with van der Waals surface area (Å²) in [6.45, 7) is 2.33. The van der Waals surface area contributed by atoms with Crippen LogP contribution in [-0.4, -0.2) is 39.6 Å². The lowest BCUT2D eigenvalue weighted by molar-refractivity contribution is 0.187. The summed E-state index contributed by atoms with van der Waals surface area (Å²) in [6.07, 6.45) is 6.48. The van der Waals surface area contributed by atoms with Crippen LogP contribution in [0.2, 0.25) is 0 Å². The SMILES string of the molecule is COCCn1ccnc1NCCc1ccnn1C. The third-order valence-electron chi connectivity index (χ3n) is 2.84. The van der Waals surface area contributed by atoms with Crippen LogP contribution in [0.3, 0.4) is 0 Å². The summed E-state index contributed by atoms with van der Waals surface area (Å²) in [5.41, 5.74) is 1.21. The smallest absolute Gasteiger partial charge is 0.202 e. The van der Waals surface area contributed by atoms with Crippen LogP contribution in [0.1, 0.15) is 5.69 Å². The van der Waals surface area contributed by atoms with Crippen molar-refractivity contribution in [1.29, 1.82) is 0 Å². The molecular weight excluding hydrogens is 230 g/mol. The predicted molar refractivity (Wildman–Crippen MR) is 69.5 cm³/mol. The lowest BCUT2D eigenvalue weighted by Crippen LogP contribution is -2.13. The molecule has 98 valence electrons. The second kappa shape index (κ2) is 6.20. The summed E-state index contributed by atoms with van der Waals surface area (Å²) in [7, 11) is 3.65. The molecule has 2 heterocycles. The molecule has 2 aromatic heterocycles. The van der Waals surface area contributed by atoms with Crippen molar-refractivity contribution in [3.63, 3.8) is 0 Å². The van der Waals surface area contributed by atoms with Gasteiger partial charge >= 0.3 is 0 Å². The molecule has 0 spiro atoms. The molecule has 2 rings (SSSR count). The number of hydrogen-bond donors (Lipinski definition) is 1. The van der Waals surface area contributed by atoms with E-state index >= 15 is 0 Å². The van der Waals surface area contributed by atoms with Gasteiger partial charge in [0.25, 0.3) is 0 Å². The van der Waals surface area contributed by atoms with Gasteiger partial charge < -0.3 is 14.6 Å². The van der Waals surface area contributed by atoms with E-state index < -0.39 is 0 Å². The fourth-order valence-corrected chi connectivity index (χ4v) is 1.80. The molecule has 6 nitrogen and oxygen atoms in total. The molecule has 0 saturated carbocycles. The lowest BCUT2D eigenvalue weighted by atomic mass is 10.3. The zero-order chi connectivity index (χ0) is 12.8. The van der Waals surface area contributed by atoms with Gasteiger partial charge in [-0.15, -0.1) is 0 Å². The fraction of sp³-hybridized carbons (Fsp3) is 0.500. The molecular formula is C12H19N5O. The molecule has 2 aromatic rings. The van der Waals surface area contributed by atoms with Gasteiger partial charge in [-0.1, -0.05) is 0 Å².